The summed E-state index contributed by atoms with van der Waals surface area (Å²) in [5.74, 6) is 0.535. The highest BCUT2D eigenvalue weighted by molar-refractivity contribution is 8.29. The van der Waals surface area contributed by atoms with Crippen LogP contribution in [-0.2, 0) is 13.7 Å². The van der Waals surface area contributed by atoms with E-state index in [4.69, 9.17) is 14.7 Å². The summed E-state index contributed by atoms with van der Waals surface area (Å²) >= 11 is 0. The first-order chi connectivity index (χ1) is 10.2. The van der Waals surface area contributed by atoms with Crippen LogP contribution in [0.5, 0.6) is 0 Å². The number of hydrogen-bond acceptors (Lipinski definition) is 4. The molecule has 1 fully saturated rings. The van der Waals surface area contributed by atoms with Crippen LogP contribution in [-0.4, -0.2) is 41.5 Å². The molecule has 5 heteroatoms. The van der Waals surface area contributed by atoms with E-state index in [1.54, 1.807) is 0 Å². The van der Waals surface area contributed by atoms with Crippen LogP contribution in [0.4, 0.5) is 0 Å². The Labute approximate surface area is 144 Å². The van der Waals surface area contributed by atoms with Gasteiger partial charge in [-0.3, -0.25) is 4.79 Å². The number of nitrogens with two attached hydrogens (primary N) is 1. The Hall–Kier alpha value is -0.260. The van der Waals surface area contributed by atoms with Gasteiger partial charge >= 0.3 is 5.97 Å². The fourth-order valence-corrected chi connectivity index (χ4v) is 3.92. The summed E-state index contributed by atoms with van der Waals surface area (Å²) in [6.07, 6.45) is 6.88. The second kappa shape index (κ2) is 7.32. The summed E-state index contributed by atoms with van der Waals surface area (Å²) in [6, 6.07) is 0. The van der Waals surface area contributed by atoms with Gasteiger partial charge in [-0.15, -0.1) is 10.3 Å². The topological polar surface area (TPSA) is 61.5 Å². The van der Waals surface area contributed by atoms with E-state index in [2.05, 4.69) is 33.3 Å². The maximum atomic E-state index is 12.2. The zero-order chi connectivity index (χ0) is 18.1. The molecule has 4 nitrogen and oxygen atoms in total. The zero-order valence-electron chi connectivity index (χ0n) is 16.3. The van der Waals surface area contributed by atoms with Gasteiger partial charge in [0.05, 0.1) is 12.5 Å². The van der Waals surface area contributed by atoms with Gasteiger partial charge in [-0.1, -0.05) is 20.8 Å². The van der Waals surface area contributed by atoms with E-state index in [-0.39, 0.29) is 22.7 Å². The molecule has 0 aliphatic heterocycles. The van der Waals surface area contributed by atoms with Crippen molar-refractivity contribution < 1.29 is 13.7 Å². The number of hydrogen-bond donors (Lipinski definition) is 1. The molecule has 0 bridgehead atoms. The van der Waals surface area contributed by atoms with Gasteiger partial charge in [-0.2, -0.15) is 0 Å². The molecule has 0 aromatic heterocycles. The van der Waals surface area contributed by atoms with Crippen LogP contribution in [0.1, 0.15) is 60.8 Å². The first-order valence-corrected chi connectivity index (χ1v) is 11.0. The molecule has 1 aliphatic rings. The van der Waals surface area contributed by atoms with Gasteiger partial charge in [-0.25, -0.2) is 0 Å². The Balaban J connectivity index is 2.77. The standard InChI is InChI=1S/C18H37NO3S/c1-17(2,3)21-16(20)11-14-9-13(12-19)10-15(14)22-23(7,8)18(4,5)6/h13-15H,9-12,19H2,1-8H3. The smallest absolute Gasteiger partial charge is 0.306 e. The van der Waals surface area contributed by atoms with E-state index in [0.717, 1.165) is 12.8 Å². The second-order valence-corrected chi connectivity index (χ2v) is 13.0. The molecule has 1 rings (SSSR count). The van der Waals surface area contributed by atoms with E-state index in [1.807, 2.05) is 20.8 Å². The number of rotatable bonds is 5. The fraction of sp³-hybridized carbons (Fsp3) is 0.944. The third-order valence-corrected chi connectivity index (χ3v) is 8.43. The first kappa shape index (κ1) is 20.8. The SMILES string of the molecule is CC(C)(C)OC(=O)CC1CC(CN)CC1OS(C)(C)C(C)(C)C. The fourth-order valence-electron chi connectivity index (χ4n) is 2.77. The van der Waals surface area contributed by atoms with Crippen molar-refractivity contribution in [2.45, 2.75) is 77.3 Å². The molecule has 1 saturated carbocycles. The molecule has 0 amide bonds. The Bertz CT molecular complexity index is 409. The zero-order valence-corrected chi connectivity index (χ0v) is 17.1. The van der Waals surface area contributed by atoms with Gasteiger partial charge in [0.2, 0.25) is 0 Å². The van der Waals surface area contributed by atoms with Crippen molar-refractivity contribution in [2.24, 2.45) is 17.6 Å². The van der Waals surface area contributed by atoms with Crippen LogP contribution in [0.3, 0.4) is 0 Å². The summed E-state index contributed by atoms with van der Waals surface area (Å²) in [7, 11) is -1.21. The molecule has 138 valence electrons. The van der Waals surface area contributed by atoms with Crippen molar-refractivity contribution in [3.05, 3.63) is 0 Å². The van der Waals surface area contributed by atoms with Crippen molar-refractivity contribution in [1.82, 2.24) is 0 Å². The molecular formula is C18H37NO3S. The molecule has 1 aliphatic carbocycles. The van der Waals surface area contributed by atoms with Gasteiger partial charge in [-0.05, 0) is 64.5 Å². The normalized spacial score (nSPS) is 27.1. The lowest BCUT2D eigenvalue weighted by atomic mass is 10.0. The summed E-state index contributed by atoms with van der Waals surface area (Å²) < 4.78 is 12.2. The molecule has 3 atom stereocenters. The number of carbonyl (C=O) groups is 1. The van der Waals surface area contributed by atoms with Crippen molar-refractivity contribution in [2.75, 3.05) is 19.1 Å². The molecule has 0 spiro atoms. The Morgan fingerprint density at radius 2 is 1.70 bits per heavy atom. The predicted octanol–water partition coefficient (Wildman–Crippen LogP) is 3.87. The van der Waals surface area contributed by atoms with Crippen LogP contribution in [0, 0.1) is 11.8 Å². The highest BCUT2D eigenvalue weighted by Crippen LogP contribution is 2.57. The van der Waals surface area contributed by atoms with Crippen molar-refractivity contribution in [3.8, 4) is 0 Å². The van der Waals surface area contributed by atoms with E-state index in [1.165, 1.54) is 0 Å². The summed E-state index contributed by atoms with van der Waals surface area (Å²) in [4.78, 5) is 12.2. The van der Waals surface area contributed by atoms with Crippen molar-refractivity contribution in [1.29, 1.82) is 0 Å². The predicted molar refractivity (Wildman–Crippen MR) is 99.8 cm³/mol. The van der Waals surface area contributed by atoms with E-state index in [0.29, 0.717) is 18.9 Å². The molecule has 0 aromatic rings. The molecule has 0 radical (unpaired) electrons. The molecule has 0 heterocycles. The van der Waals surface area contributed by atoms with Gasteiger partial charge in [0.25, 0.3) is 0 Å². The Morgan fingerprint density at radius 1 is 1.13 bits per heavy atom. The van der Waals surface area contributed by atoms with E-state index >= 15 is 0 Å². The van der Waals surface area contributed by atoms with Crippen LogP contribution in [0.2, 0.25) is 0 Å². The van der Waals surface area contributed by atoms with Crippen LogP contribution in [0.15, 0.2) is 0 Å². The lowest BCUT2D eigenvalue weighted by Crippen LogP contribution is -2.32. The highest BCUT2D eigenvalue weighted by atomic mass is 32.3. The lowest BCUT2D eigenvalue weighted by molar-refractivity contribution is -0.156. The molecule has 23 heavy (non-hydrogen) atoms. The monoisotopic (exact) mass is 347 g/mol. The Kier molecular flexibility index (Phi) is 6.62. The minimum Gasteiger partial charge on any atom is -0.460 e. The van der Waals surface area contributed by atoms with Gasteiger partial charge in [0.15, 0.2) is 0 Å². The van der Waals surface area contributed by atoms with Crippen molar-refractivity contribution >= 4 is 16.3 Å². The van der Waals surface area contributed by atoms with Crippen LogP contribution in [0.25, 0.3) is 0 Å². The molecule has 0 aromatic carbocycles. The van der Waals surface area contributed by atoms with Gasteiger partial charge in [0, 0.05) is 4.75 Å². The maximum Gasteiger partial charge on any atom is 0.306 e. The quantitative estimate of drug-likeness (QED) is 0.767. The molecule has 3 unspecified atom stereocenters. The second-order valence-electron chi connectivity index (χ2n) is 9.10. The molecule has 0 saturated heterocycles. The van der Waals surface area contributed by atoms with Crippen molar-refractivity contribution in [3.63, 3.8) is 0 Å². The van der Waals surface area contributed by atoms with Crippen LogP contribution >= 0.6 is 10.3 Å². The summed E-state index contributed by atoms with van der Waals surface area (Å²) in [5.41, 5.74) is 5.44. The minimum absolute atomic E-state index is 0.111. The lowest BCUT2D eigenvalue weighted by Gasteiger charge is -2.46. The van der Waals surface area contributed by atoms with E-state index in [9.17, 15) is 4.79 Å². The first-order valence-electron chi connectivity index (χ1n) is 8.58. The average Bonchev–Trinajstić information content (AvgIpc) is 2.66. The summed E-state index contributed by atoms with van der Waals surface area (Å²) in [5, 5.41) is 0. The number of esters is 1. The third-order valence-electron chi connectivity index (χ3n) is 4.75. The minimum atomic E-state index is -1.21. The van der Waals surface area contributed by atoms with Gasteiger partial charge < -0.3 is 14.7 Å². The molecular weight excluding hydrogens is 310 g/mol. The van der Waals surface area contributed by atoms with Crippen LogP contribution < -0.4 is 5.73 Å². The Morgan fingerprint density at radius 3 is 2.13 bits per heavy atom. The maximum absolute atomic E-state index is 12.2. The third kappa shape index (κ3) is 6.28. The number of carbonyl (C=O) groups excluding carboxylic acids is 1. The van der Waals surface area contributed by atoms with Gasteiger partial charge in [0.1, 0.15) is 5.60 Å². The van der Waals surface area contributed by atoms with E-state index < -0.39 is 15.9 Å². The average molecular weight is 348 g/mol. The highest BCUT2D eigenvalue weighted by Gasteiger charge is 2.41. The summed E-state index contributed by atoms with van der Waals surface area (Å²) in [6.45, 7) is 13.0. The number of ether oxygens (including phenoxy) is 1. The largest absolute Gasteiger partial charge is 0.460 e. The molecule has 2 N–H and O–H groups in total.